The molecule has 0 spiro atoms. The number of pyridine rings is 1. The molecular weight excluding hydrogens is 328 g/mol. The normalized spacial score (nSPS) is 11.8. The topological polar surface area (TPSA) is 94.7 Å². The van der Waals surface area contributed by atoms with Crippen LogP contribution in [0.15, 0.2) is 41.9 Å². The lowest BCUT2D eigenvalue weighted by Gasteiger charge is -2.07. The molecule has 0 atom stereocenters. The lowest BCUT2D eigenvalue weighted by molar-refractivity contribution is 0.577. The van der Waals surface area contributed by atoms with Crippen molar-refractivity contribution in [3.8, 4) is 11.3 Å². The quantitative estimate of drug-likeness (QED) is 0.744. The Hall–Kier alpha value is -2.52. The van der Waals surface area contributed by atoms with Crippen molar-refractivity contribution in [1.29, 1.82) is 0 Å². The average Bonchev–Trinajstić information content (AvgIpc) is 3.12. The molecule has 3 aromatic rings. The molecule has 0 radical (unpaired) electrons. The third-order valence-electron chi connectivity index (χ3n) is 3.74. The number of hydrogen-bond donors (Lipinski definition) is 1. The van der Waals surface area contributed by atoms with Crippen LogP contribution in [0.1, 0.15) is 11.4 Å². The molecule has 3 heterocycles. The maximum absolute atomic E-state index is 12.3. The molecule has 0 saturated carbocycles. The lowest BCUT2D eigenvalue weighted by Crippen LogP contribution is -2.23. The molecule has 1 N–H and O–H groups in total. The van der Waals surface area contributed by atoms with Crippen LogP contribution in [-0.2, 0) is 30.7 Å². The highest BCUT2D eigenvalue weighted by Crippen LogP contribution is 2.18. The molecule has 24 heavy (non-hydrogen) atoms. The van der Waals surface area contributed by atoms with Crippen LogP contribution in [0.4, 0.5) is 0 Å². The molecule has 3 rings (SSSR count). The predicted octanol–water partition coefficient (Wildman–Crippen LogP) is 1.00. The van der Waals surface area contributed by atoms with E-state index in [1.807, 2.05) is 19.2 Å². The second-order valence-corrected chi connectivity index (χ2v) is 7.20. The van der Waals surface area contributed by atoms with Gasteiger partial charge in [-0.25, -0.2) is 18.1 Å². The fraction of sp³-hybridized carbons (Fsp3) is 0.267. The zero-order valence-corrected chi connectivity index (χ0v) is 14.4. The Bertz CT molecular complexity index is 954. The first-order chi connectivity index (χ1) is 11.4. The smallest absolute Gasteiger partial charge is 0.259 e. The summed E-state index contributed by atoms with van der Waals surface area (Å²) < 4.78 is 30.6. The number of rotatable bonds is 5. The lowest BCUT2D eigenvalue weighted by atomic mass is 10.1. The van der Waals surface area contributed by atoms with E-state index in [0.717, 1.165) is 16.8 Å². The molecule has 0 bridgehead atoms. The SMILES string of the molecule is Cc1nc(S(=O)(=O)NCc2cncc(-c3ccnn3C)c2)cn1C. The largest absolute Gasteiger partial charge is 0.337 e. The van der Waals surface area contributed by atoms with Gasteiger partial charge in [-0.15, -0.1) is 0 Å². The van der Waals surface area contributed by atoms with Crippen LogP contribution in [0.25, 0.3) is 11.3 Å². The average molecular weight is 346 g/mol. The molecule has 3 aromatic heterocycles. The van der Waals surface area contributed by atoms with E-state index >= 15 is 0 Å². The van der Waals surface area contributed by atoms with Crippen LogP contribution < -0.4 is 4.72 Å². The van der Waals surface area contributed by atoms with Crippen LogP contribution in [-0.4, -0.2) is 32.7 Å². The molecule has 126 valence electrons. The first kappa shape index (κ1) is 16.3. The second-order valence-electron chi connectivity index (χ2n) is 5.48. The van der Waals surface area contributed by atoms with Crippen molar-refractivity contribution >= 4 is 10.0 Å². The highest BCUT2D eigenvalue weighted by Gasteiger charge is 2.18. The van der Waals surface area contributed by atoms with Crippen molar-refractivity contribution in [3.63, 3.8) is 0 Å². The van der Waals surface area contributed by atoms with Crippen molar-refractivity contribution in [2.75, 3.05) is 0 Å². The Morgan fingerprint density at radius 3 is 2.67 bits per heavy atom. The standard InChI is InChI=1S/C15H18N6O2S/c1-11-19-15(10-20(11)2)24(22,23)18-8-12-6-13(9-16-7-12)14-4-5-17-21(14)3/h4-7,9-10,18H,8H2,1-3H3. The van der Waals surface area contributed by atoms with Gasteiger partial charge in [0, 0.05) is 51.0 Å². The van der Waals surface area contributed by atoms with E-state index in [1.165, 1.54) is 6.20 Å². The van der Waals surface area contributed by atoms with Crippen LogP contribution in [0, 0.1) is 6.92 Å². The van der Waals surface area contributed by atoms with Gasteiger partial charge in [0.2, 0.25) is 0 Å². The van der Waals surface area contributed by atoms with Gasteiger partial charge in [-0.3, -0.25) is 9.67 Å². The number of aryl methyl sites for hydroxylation is 3. The van der Waals surface area contributed by atoms with Crippen molar-refractivity contribution in [3.05, 3.63) is 48.3 Å². The van der Waals surface area contributed by atoms with Gasteiger partial charge in [-0.2, -0.15) is 5.10 Å². The van der Waals surface area contributed by atoms with Crippen LogP contribution >= 0.6 is 0 Å². The summed E-state index contributed by atoms with van der Waals surface area (Å²) in [6, 6.07) is 3.76. The molecule has 9 heteroatoms. The van der Waals surface area contributed by atoms with E-state index < -0.39 is 10.0 Å². The Labute approximate surface area is 140 Å². The minimum absolute atomic E-state index is 0.0123. The summed E-state index contributed by atoms with van der Waals surface area (Å²) in [6.07, 6.45) is 6.54. The summed E-state index contributed by atoms with van der Waals surface area (Å²) in [7, 11) is -0.0682. The molecule has 0 amide bonds. The van der Waals surface area contributed by atoms with Gasteiger partial charge in [-0.1, -0.05) is 0 Å². The second kappa shape index (κ2) is 6.17. The van der Waals surface area contributed by atoms with Crippen LogP contribution in [0.5, 0.6) is 0 Å². The van der Waals surface area contributed by atoms with E-state index in [4.69, 9.17) is 0 Å². The zero-order chi connectivity index (χ0) is 17.3. The third kappa shape index (κ3) is 3.22. The number of sulfonamides is 1. The highest BCUT2D eigenvalue weighted by molar-refractivity contribution is 7.89. The molecular formula is C15H18N6O2S. The van der Waals surface area contributed by atoms with E-state index in [0.29, 0.717) is 5.82 Å². The van der Waals surface area contributed by atoms with Crippen molar-refractivity contribution in [2.24, 2.45) is 14.1 Å². The number of nitrogens with one attached hydrogen (secondary N) is 1. The van der Waals surface area contributed by atoms with Gasteiger partial charge in [0.05, 0.1) is 5.69 Å². The van der Waals surface area contributed by atoms with Crippen molar-refractivity contribution < 1.29 is 8.42 Å². The summed E-state index contributed by atoms with van der Waals surface area (Å²) in [5.41, 5.74) is 2.54. The van der Waals surface area contributed by atoms with E-state index in [1.54, 1.807) is 41.8 Å². The van der Waals surface area contributed by atoms with Gasteiger partial charge < -0.3 is 4.57 Å². The molecule has 0 aromatic carbocycles. The summed E-state index contributed by atoms with van der Waals surface area (Å²) in [4.78, 5) is 8.23. The molecule has 0 saturated heterocycles. The Balaban J connectivity index is 1.78. The number of imidazole rings is 1. The van der Waals surface area contributed by atoms with Crippen molar-refractivity contribution in [2.45, 2.75) is 18.5 Å². The monoisotopic (exact) mass is 346 g/mol. The van der Waals surface area contributed by atoms with E-state index in [9.17, 15) is 8.42 Å². The fourth-order valence-electron chi connectivity index (χ4n) is 2.29. The van der Waals surface area contributed by atoms with E-state index in [2.05, 4.69) is 19.8 Å². The third-order valence-corrected chi connectivity index (χ3v) is 5.01. The summed E-state index contributed by atoms with van der Waals surface area (Å²) in [5, 5.41) is 4.14. The maximum Gasteiger partial charge on any atom is 0.259 e. The summed E-state index contributed by atoms with van der Waals surface area (Å²) >= 11 is 0. The Morgan fingerprint density at radius 1 is 1.25 bits per heavy atom. The maximum atomic E-state index is 12.3. The fourth-order valence-corrected chi connectivity index (χ4v) is 3.34. The summed E-state index contributed by atoms with van der Waals surface area (Å²) in [5.74, 6) is 0.634. The molecule has 8 nitrogen and oxygen atoms in total. The van der Waals surface area contributed by atoms with Gasteiger partial charge in [0.1, 0.15) is 5.82 Å². The minimum Gasteiger partial charge on any atom is -0.337 e. The molecule has 0 aliphatic rings. The van der Waals surface area contributed by atoms with Crippen LogP contribution in [0.3, 0.4) is 0 Å². The van der Waals surface area contributed by atoms with Gasteiger partial charge >= 0.3 is 0 Å². The van der Waals surface area contributed by atoms with Crippen molar-refractivity contribution in [1.82, 2.24) is 29.0 Å². The minimum atomic E-state index is -3.66. The molecule has 0 aliphatic heterocycles. The first-order valence-electron chi connectivity index (χ1n) is 7.29. The first-order valence-corrected chi connectivity index (χ1v) is 8.77. The zero-order valence-electron chi connectivity index (χ0n) is 13.6. The number of aromatic nitrogens is 5. The molecule has 0 unspecified atom stereocenters. The number of hydrogen-bond acceptors (Lipinski definition) is 5. The number of nitrogens with zero attached hydrogens (tertiary/aromatic N) is 5. The van der Waals surface area contributed by atoms with Gasteiger partial charge in [0.25, 0.3) is 10.0 Å². The molecule has 0 fully saturated rings. The van der Waals surface area contributed by atoms with Gasteiger partial charge in [-0.05, 0) is 24.6 Å². The molecule has 0 aliphatic carbocycles. The Morgan fingerprint density at radius 2 is 2.04 bits per heavy atom. The highest BCUT2D eigenvalue weighted by atomic mass is 32.2. The van der Waals surface area contributed by atoms with Crippen LogP contribution in [0.2, 0.25) is 0 Å². The van der Waals surface area contributed by atoms with E-state index in [-0.39, 0.29) is 11.6 Å². The Kier molecular flexibility index (Phi) is 4.20. The predicted molar refractivity (Wildman–Crippen MR) is 88.4 cm³/mol. The summed E-state index contributed by atoms with van der Waals surface area (Å²) in [6.45, 7) is 1.89. The van der Waals surface area contributed by atoms with Gasteiger partial charge in [0.15, 0.2) is 5.03 Å².